The molecular formula is C42H42N2O8. The van der Waals surface area contributed by atoms with Gasteiger partial charge in [0, 0.05) is 40.9 Å². The van der Waals surface area contributed by atoms with Gasteiger partial charge in [-0.15, -0.1) is 0 Å². The van der Waals surface area contributed by atoms with Gasteiger partial charge in [-0.05, 0) is 98.9 Å². The van der Waals surface area contributed by atoms with Crippen LogP contribution in [-0.2, 0) is 14.2 Å². The number of carbonyl (C=O) groups excluding carboxylic acids is 1. The Hall–Kier alpha value is -4.82. The highest BCUT2D eigenvalue weighted by atomic mass is 16.7. The first kappa shape index (κ1) is 34.3. The summed E-state index contributed by atoms with van der Waals surface area (Å²) in [4.78, 5) is 31.8. The van der Waals surface area contributed by atoms with Crippen molar-refractivity contribution in [1.29, 1.82) is 5.26 Å². The van der Waals surface area contributed by atoms with Crippen molar-refractivity contribution in [3.63, 3.8) is 0 Å². The molecule has 268 valence electrons. The number of benzene rings is 2. The normalized spacial score (nSPS) is 33.2. The molecule has 8 rings (SSSR count). The molecule has 2 aliphatic carbocycles. The van der Waals surface area contributed by atoms with Crippen molar-refractivity contribution in [3.05, 3.63) is 117 Å². The van der Waals surface area contributed by atoms with Gasteiger partial charge in [0.2, 0.25) is 0 Å². The number of aryl methyl sites for hydroxylation is 2. The number of nitrogens with zero attached hydrogens (tertiary/aromatic N) is 2. The van der Waals surface area contributed by atoms with E-state index < -0.39 is 52.4 Å². The number of hydrogen-bond donors (Lipinski definition) is 1. The minimum Gasteiger partial charge on any atom is -0.482 e. The second-order valence-electron chi connectivity index (χ2n) is 15.6. The molecule has 2 aromatic carbocycles. The fraction of sp³-hybridized carbons (Fsp3) is 0.429. The van der Waals surface area contributed by atoms with Crippen molar-refractivity contribution >= 4 is 5.97 Å². The van der Waals surface area contributed by atoms with Crippen LogP contribution in [0.5, 0.6) is 5.75 Å². The van der Waals surface area contributed by atoms with E-state index in [1.807, 2.05) is 13.0 Å². The maximum Gasteiger partial charge on any atom is 0.345 e. The van der Waals surface area contributed by atoms with E-state index in [1.165, 1.54) is 0 Å². The molecule has 2 aliphatic heterocycles. The lowest BCUT2D eigenvalue weighted by atomic mass is 9.42. The summed E-state index contributed by atoms with van der Waals surface area (Å²) in [5, 5.41) is 21.8. The molecule has 0 amide bonds. The third-order valence-electron chi connectivity index (χ3n) is 12.6. The van der Waals surface area contributed by atoms with Gasteiger partial charge in [0.15, 0.2) is 6.29 Å². The van der Waals surface area contributed by atoms with Gasteiger partial charge in [0.1, 0.15) is 28.8 Å². The van der Waals surface area contributed by atoms with E-state index in [-0.39, 0.29) is 34.7 Å². The average molecular weight is 703 g/mol. The summed E-state index contributed by atoms with van der Waals surface area (Å²) in [7, 11) is 0. The van der Waals surface area contributed by atoms with Crippen molar-refractivity contribution in [3.8, 4) is 23.1 Å². The number of aromatic nitrogens is 1. The third-order valence-corrected chi connectivity index (χ3v) is 12.6. The summed E-state index contributed by atoms with van der Waals surface area (Å²) in [5.74, 6) is -0.986. The molecule has 4 aromatic rings. The Morgan fingerprint density at radius 3 is 2.46 bits per heavy atom. The highest BCUT2D eigenvalue weighted by Gasteiger charge is 2.71. The summed E-state index contributed by atoms with van der Waals surface area (Å²) < 4.78 is 32.5. The van der Waals surface area contributed by atoms with Gasteiger partial charge < -0.3 is 28.5 Å². The Labute approximate surface area is 302 Å². The average Bonchev–Trinajstić information content (AvgIpc) is 3.12. The number of aliphatic hydroxyl groups excluding tert-OH is 1. The summed E-state index contributed by atoms with van der Waals surface area (Å²) in [6.07, 6.45) is 2.15. The fourth-order valence-electron chi connectivity index (χ4n) is 10.1. The standard InChI is InChI=1S/C42H42N2O8/c1-23-8-6-9-24(2)33(23)39-48-22-41(4)30-19-32(50-37(46)26-13-11-25(20-43)12-14-26)42(5)36(40(30,3)16-15-31(41)51-39)35(45)34-29(52-42)18-28(49-38(34)47)27-10-7-17-44-21-27/h6-14,17-18,21,30-32,35-36,39,45H,15-16,19,22H2,1-5H3/t30?,31-,32-,35-,36?,39+,40?,41-,42?/m0/s1. The van der Waals surface area contributed by atoms with Crippen molar-refractivity contribution in [1.82, 2.24) is 4.98 Å². The van der Waals surface area contributed by atoms with E-state index in [9.17, 15) is 20.0 Å². The zero-order chi connectivity index (χ0) is 36.6. The first-order valence-corrected chi connectivity index (χ1v) is 17.9. The second-order valence-corrected chi connectivity index (χ2v) is 15.6. The van der Waals surface area contributed by atoms with Gasteiger partial charge in [0.25, 0.3) is 0 Å². The molecule has 2 aromatic heterocycles. The maximum atomic E-state index is 13.9. The first-order valence-electron chi connectivity index (χ1n) is 17.9. The zero-order valence-electron chi connectivity index (χ0n) is 29.9. The van der Waals surface area contributed by atoms with Gasteiger partial charge >= 0.3 is 11.6 Å². The molecule has 1 N–H and O–H groups in total. The molecule has 4 heterocycles. The number of nitriles is 1. The molecule has 9 atom stereocenters. The van der Waals surface area contributed by atoms with E-state index in [4.69, 9.17) is 23.4 Å². The fourth-order valence-corrected chi connectivity index (χ4v) is 10.1. The Kier molecular flexibility index (Phi) is 8.18. The molecule has 2 saturated carbocycles. The number of ether oxygens (including phenoxy) is 4. The molecule has 0 radical (unpaired) electrons. The van der Waals surface area contributed by atoms with Crippen LogP contribution >= 0.6 is 0 Å². The third kappa shape index (κ3) is 5.20. The Morgan fingerprint density at radius 2 is 1.77 bits per heavy atom. The van der Waals surface area contributed by atoms with Crippen LogP contribution in [0.25, 0.3) is 11.3 Å². The zero-order valence-corrected chi connectivity index (χ0v) is 29.9. The van der Waals surface area contributed by atoms with Crippen LogP contribution in [-0.4, -0.2) is 40.5 Å². The van der Waals surface area contributed by atoms with E-state index >= 15 is 0 Å². The number of aliphatic hydroxyl groups is 1. The molecule has 10 heteroatoms. The summed E-state index contributed by atoms with van der Waals surface area (Å²) in [5.41, 5.74) is 1.51. The molecule has 10 nitrogen and oxygen atoms in total. The Bertz CT molecular complexity index is 2120. The summed E-state index contributed by atoms with van der Waals surface area (Å²) in [6.45, 7) is 10.7. The largest absolute Gasteiger partial charge is 0.482 e. The molecule has 3 fully saturated rings. The van der Waals surface area contributed by atoms with Crippen LogP contribution in [0.4, 0.5) is 0 Å². The van der Waals surface area contributed by atoms with Crippen molar-refractivity contribution < 1.29 is 33.3 Å². The number of rotatable bonds is 4. The predicted octanol–water partition coefficient (Wildman–Crippen LogP) is 7.16. The lowest BCUT2D eigenvalue weighted by molar-refractivity contribution is -0.330. The van der Waals surface area contributed by atoms with Crippen molar-refractivity contribution in [2.75, 3.05) is 6.61 Å². The number of carbonyl (C=O) groups is 1. The highest BCUT2D eigenvalue weighted by molar-refractivity contribution is 5.89. The molecule has 0 spiro atoms. The van der Waals surface area contributed by atoms with Crippen molar-refractivity contribution in [2.24, 2.45) is 22.7 Å². The lowest BCUT2D eigenvalue weighted by Gasteiger charge is -2.67. The predicted molar refractivity (Wildman–Crippen MR) is 189 cm³/mol. The second kappa shape index (κ2) is 12.4. The monoisotopic (exact) mass is 702 g/mol. The van der Waals surface area contributed by atoms with Gasteiger partial charge in [0.05, 0.1) is 36.0 Å². The molecular weight excluding hydrogens is 660 g/mol. The van der Waals surface area contributed by atoms with Gasteiger partial charge in [-0.1, -0.05) is 32.0 Å². The minimum absolute atomic E-state index is 0.0488. The topological polar surface area (TPSA) is 141 Å². The Balaban J connectivity index is 1.21. The SMILES string of the molecule is Cc1cccc(C)c1[C@@H]1OC[C@@]2(C)C3C[C@H](OC(=O)c4ccc(C#N)cc4)C4(C)Oc5cc(-c6cccnc6)oc(=O)c5[C@H](O)C4C3(C)CC[C@@H]2O1. The lowest BCUT2D eigenvalue weighted by Crippen LogP contribution is -2.72. The van der Waals surface area contributed by atoms with E-state index in [2.05, 4.69) is 50.9 Å². The van der Waals surface area contributed by atoms with E-state index in [0.29, 0.717) is 37.0 Å². The van der Waals surface area contributed by atoms with E-state index in [0.717, 1.165) is 16.7 Å². The van der Waals surface area contributed by atoms with Crippen LogP contribution in [0, 0.1) is 47.8 Å². The highest BCUT2D eigenvalue weighted by Crippen LogP contribution is 2.68. The van der Waals surface area contributed by atoms with Crippen LogP contribution < -0.4 is 10.4 Å². The van der Waals surface area contributed by atoms with Crippen LogP contribution in [0.3, 0.4) is 0 Å². The van der Waals surface area contributed by atoms with Gasteiger partial charge in [-0.25, -0.2) is 9.59 Å². The first-order chi connectivity index (χ1) is 24.9. The number of fused-ring (bicyclic) bond motifs is 6. The molecule has 0 bridgehead atoms. The number of hydrogen-bond acceptors (Lipinski definition) is 10. The molecule has 52 heavy (non-hydrogen) atoms. The Morgan fingerprint density at radius 1 is 1.02 bits per heavy atom. The summed E-state index contributed by atoms with van der Waals surface area (Å²) >= 11 is 0. The smallest absolute Gasteiger partial charge is 0.345 e. The molecule has 4 aliphatic rings. The number of esters is 1. The summed E-state index contributed by atoms with van der Waals surface area (Å²) in [6, 6.07) is 19.6. The maximum absolute atomic E-state index is 13.9. The van der Waals surface area contributed by atoms with Crippen molar-refractivity contribution in [2.45, 2.75) is 84.1 Å². The minimum atomic E-state index is -1.29. The van der Waals surface area contributed by atoms with Crippen LogP contribution in [0.15, 0.2) is 82.3 Å². The molecule has 4 unspecified atom stereocenters. The number of pyridine rings is 1. The van der Waals surface area contributed by atoms with Gasteiger partial charge in [-0.2, -0.15) is 5.26 Å². The quantitative estimate of drug-likeness (QED) is 0.218. The van der Waals surface area contributed by atoms with Crippen LogP contribution in [0.1, 0.15) is 90.6 Å². The van der Waals surface area contributed by atoms with Crippen LogP contribution in [0.2, 0.25) is 0 Å². The van der Waals surface area contributed by atoms with E-state index in [1.54, 1.807) is 54.9 Å². The molecule has 1 saturated heterocycles. The van der Waals surface area contributed by atoms with Gasteiger partial charge in [-0.3, -0.25) is 4.98 Å².